The van der Waals surface area contributed by atoms with Gasteiger partial charge in [-0.25, -0.2) is 0 Å². The lowest BCUT2D eigenvalue weighted by atomic mass is 10.0. The normalized spacial score (nSPS) is 14.2. The van der Waals surface area contributed by atoms with Gasteiger partial charge in [-0.3, -0.25) is 14.2 Å². The number of carbonyl (C=O) groups is 2. The Bertz CT molecular complexity index is 1710. The van der Waals surface area contributed by atoms with Crippen LogP contribution in [-0.4, -0.2) is 69.4 Å². The zero-order valence-corrected chi connectivity index (χ0v) is 54.4. The second-order valence-corrected chi connectivity index (χ2v) is 25.0. The molecule has 0 saturated carbocycles. The number of nitrogens with one attached hydrogen (secondary N) is 1. The maximum atomic E-state index is 13.6. The number of quaternary nitrogens is 1. The lowest BCUT2D eigenvalue weighted by Gasteiger charge is -2.30. The summed E-state index contributed by atoms with van der Waals surface area (Å²) in [5.74, 6) is -0.562. The monoisotopic (exact) mass is 1150 g/mol. The molecule has 0 rings (SSSR count). The quantitative estimate of drug-likeness (QED) is 0.0212. The van der Waals surface area contributed by atoms with Crippen molar-refractivity contribution in [2.45, 2.75) is 303 Å². The van der Waals surface area contributed by atoms with Crippen molar-refractivity contribution in [2.24, 2.45) is 0 Å². The summed E-state index contributed by atoms with van der Waals surface area (Å²) in [6.07, 6.45) is 80.9. The van der Waals surface area contributed by atoms with Crippen molar-refractivity contribution >= 4 is 19.7 Å². The van der Waals surface area contributed by atoms with E-state index in [1.807, 2.05) is 33.3 Å². The third-order valence-corrected chi connectivity index (χ3v) is 15.5. The number of phosphoric ester groups is 1. The van der Waals surface area contributed by atoms with E-state index in [4.69, 9.17) is 13.8 Å². The predicted octanol–water partition coefficient (Wildman–Crippen LogP) is 20.5. The van der Waals surface area contributed by atoms with Crippen LogP contribution in [0.2, 0.25) is 0 Å². The molecule has 0 radical (unpaired) electrons. The topological polar surface area (TPSA) is 114 Å². The molecule has 1 amide bonds. The van der Waals surface area contributed by atoms with Crippen LogP contribution in [0.25, 0.3) is 0 Å². The summed E-state index contributed by atoms with van der Waals surface area (Å²) in [6.45, 7) is 6.78. The molecule has 3 unspecified atom stereocenters. The second-order valence-electron chi connectivity index (χ2n) is 23.6. The van der Waals surface area contributed by atoms with Gasteiger partial charge in [0.25, 0.3) is 7.82 Å². The summed E-state index contributed by atoms with van der Waals surface area (Å²) in [5.41, 5.74) is 0. The maximum absolute atomic E-state index is 13.6. The fraction of sp³-hybridized carbons (Fsp3) is 0.746. The highest BCUT2D eigenvalue weighted by atomic mass is 31.2. The van der Waals surface area contributed by atoms with E-state index in [0.717, 1.165) is 109 Å². The van der Waals surface area contributed by atoms with Gasteiger partial charge in [0.05, 0.1) is 33.8 Å². The van der Waals surface area contributed by atoms with Crippen molar-refractivity contribution in [2.75, 3.05) is 40.9 Å². The van der Waals surface area contributed by atoms with Crippen molar-refractivity contribution < 1.29 is 37.3 Å². The molecule has 0 aromatic carbocycles. The van der Waals surface area contributed by atoms with Gasteiger partial charge >= 0.3 is 5.97 Å². The van der Waals surface area contributed by atoms with Crippen LogP contribution in [0.4, 0.5) is 0 Å². The summed E-state index contributed by atoms with van der Waals surface area (Å²) in [4.78, 5) is 40.1. The third kappa shape index (κ3) is 61.3. The Morgan fingerprint density at radius 2 is 0.753 bits per heavy atom. The van der Waals surface area contributed by atoms with Crippen molar-refractivity contribution in [3.63, 3.8) is 0 Å². The molecule has 468 valence electrons. The van der Waals surface area contributed by atoms with Gasteiger partial charge in [0.2, 0.25) is 5.91 Å². The predicted molar refractivity (Wildman–Crippen MR) is 348 cm³/mol. The Morgan fingerprint density at radius 1 is 0.432 bits per heavy atom. The molecule has 0 aromatic heterocycles. The van der Waals surface area contributed by atoms with Crippen LogP contribution in [0, 0.1) is 0 Å². The number of hydrogen-bond acceptors (Lipinski definition) is 7. The van der Waals surface area contributed by atoms with E-state index in [-0.39, 0.29) is 24.9 Å². The van der Waals surface area contributed by atoms with Crippen LogP contribution in [0.15, 0.2) is 97.2 Å². The van der Waals surface area contributed by atoms with E-state index in [1.54, 1.807) is 0 Å². The number of phosphoric acid groups is 1. The number of allylic oxidation sites excluding steroid dienone is 15. The molecule has 0 aliphatic rings. The highest BCUT2D eigenvalue weighted by Crippen LogP contribution is 2.38. The summed E-state index contributed by atoms with van der Waals surface area (Å²) in [5, 5.41) is 3.03. The first-order valence-electron chi connectivity index (χ1n) is 33.5. The molecule has 0 spiro atoms. The molecule has 0 fully saturated rings. The Morgan fingerprint density at radius 3 is 1.15 bits per heavy atom. The molecule has 9 nitrogen and oxygen atoms in total. The number of nitrogens with zero attached hydrogens (tertiary/aromatic N) is 1. The van der Waals surface area contributed by atoms with Gasteiger partial charge in [0.1, 0.15) is 19.3 Å². The number of ether oxygens (including phenoxy) is 1. The fourth-order valence-electron chi connectivity index (χ4n) is 9.28. The summed E-state index contributed by atoms with van der Waals surface area (Å²) in [6, 6.07) is -0.903. The zero-order valence-electron chi connectivity index (χ0n) is 53.5. The molecule has 0 heterocycles. The van der Waals surface area contributed by atoms with Gasteiger partial charge in [0, 0.05) is 12.8 Å². The smallest absolute Gasteiger partial charge is 0.306 e. The standard InChI is InChI=1S/C71H127N2O7P/c1-7-10-13-16-19-22-25-27-29-31-33-35-36-38-40-42-44-46-49-52-55-58-61-64-71(75)80-69(62-59-56-53-50-47-24-21-18-15-12-9-3)68(67-79-81(76,77)78-66-65-73(4,5)6)72-70(74)63-60-57-54-51-48-45-43-41-39-37-34-32-30-28-26-23-20-17-14-11-8-2/h19-20,22-23,27-30,33-35,37-38,40,59,62,68-69H,7-18,21,24-26,31-32,36,39,41-58,60-61,63-67H2,1-6H3,(H-,72,74,76,77)/b22-19-,23-20-,29-27-,30-28-,35-33-,37-34-,40-38-,62-59+. The maximum Gasteiger partial charge on any atom is 0.306 e. The van der Waals surface area contributed by atoms with Crippen LogP contribution in [0.5, 0.6) is 0 Å². The molecule has 0 aromatic rings. The van der Waals surface area contributed by atoms with Crippen LogP contribution in [0.1, 0.15) is 290 Å². The summed E-state index contributed by atoms with van der Waals surface area (Å²) >= 11 is 0. The van der Waals surface area contributed by atoms with Gasteiger partial charge in [0.15, 0.2) is 0 Å². The summed E-state index contributed by atoms with van der Waals surface area (Å²) in [7, 11) is 1.16. The molecule has 0 aliphatic carbocycles. The molecule has 81 heavy (non-hydrogen) atoms. The van der Waals surface area contributed by atoms with E-state index in [1.165, 1.54) is 141 Å². The largest absolute Gasteiger partial charge is 0.756 e. The van der Waals surface area contributed by atoms with Crippen molar-refractivity contribution in [3.05, 3.63) is 97.2 Å². The highest BCUT2D eigenvalue weighted by molar-refractivity contribution is 7.45. The van der Waals surface area contributed by atoms with Gasteiger partial charge < -0.3 is 28.5 Å². The van der Waals surface area contributed by atoms with Crippen molar-refractivity contribution in [1.29, 1.82) is 0 Å². The van der Waals surface area contributed by atoms with Crippen LogP contribution in [-0.2, 0) is 27.9 Å². The number of carbonyl (C=O) groups excluding carboxylic acids is 2. The Hall–Kier alpha value is -3.07. The highest BCUT2D eigenvalue weighted by Gasteiger charge is 2.27. The fourth-order valence-corrected chi connectivity index (χ4v) is 10.0. The van der Waals surface area contributed by atoms with Gasteiger partial charge in [-0.15, -0.1) is 0 Å². The molecule has 3 atom stereocenters. The first-order valence-corrected chi connectivity index (χ1v) is 35.0. The van der Waals surface area contributed by atoms with E-state index >= 15 is 0 Å². The first-order chi connectivity index (χ1) is 39.4. The lowest BCUT2D eigenvalue weighted by Crippen LogP contribution is -2.47. The SMILES string of the molecule is CCCCC/C=C\C/C=C\C/C=C\C/C=C\CCCCCCCCCC(=O)OC(/C=C/CCCCCCCCCCC)C(COP(=O)([O-])OCC[N+](C)(C)C)NC(=O)CCCCCCCCCC/C=C\C/C=C\C/C=C\CCCCC. The van der Waals surface area contributed by atoms with Crippen LogP contribution in [0.3, 0.4) is 0 Å². The van der Waals surface area contributed by atoms with Gasteiger partial charge in [-0.05, 0) is 115 Å². The number of hydrogen-bond donors (Lipinski definition) is 1. The molecule has 0 aliphatic heterocycles. The molecule has 0 bridgehead atoms. The first kappa shape index (κ1) is 77.9. The molecular formula is C71H127N2O7P. The van der Waals surface area contributed by atoms with E-state index in [0.29, 0.717) is 23.9 Å². The molecule has 10 heteroatoms. The number of rotatable bonds is 60. The second kappa shape index (κ2) is 60.1. The third-order valence-electron chi connectivity index (χ3n) is 14.5. The minimum absolute atomic E-state index is 0.0300. The van der Waals surface area contributed by atoms with Crippen LogP contribution < -0.4 is 10.2 Å². The lowest BCUT2D eigenvalue weighted by molar-refractivity contribution is -0.870. The summed E-state index contributed by atoms with van der Waals surface area (Å²) < 4.78 is 30.4. The minimum atomic E-state index is -4.71. The number of esters is 1. The zero-order chi connectivity index (χ0) is 59.3. The number of likely N-dealkylation sites (N-methyl/N-ethyl adjacent to an activating group) is 1. The Labute approximate surface area is 500 Å². The molecule has 1 N–H and O–H groups in total. The van der Waals surface area contributed by atoms with Crippen molar-refractivity contribution in [1.82, 2.24) is 5.32 Å². The Kier molecular flexibility index (Phi) is 57.8. The van der Waals surface area contributed by atoms with Gasteiger partial charge in [-0.1, -0.05) is 260 Å². The van der Waals surface area contributed by atoms with Crippen molar-refractivity contribution in [3.8, 4) is 0 Å². The number of amides is 1. The molecular weight excluding hydrogens is 1020 g/mol. The average Bonchev–Trinajstić information content (AvgIpc) is 3.44. The van der Waals surface area contributed by atoms with Gasteiger partial charge in [-0.2, -0.15) is 0 Å². The van der Waals surface area contributed by atoms with E-state index in [9.17, 15) is 19.0 Å². The van der Waals surface area contributed by atoms with E-state index < -0.39 is 26.6 Å². The Balaban J connectivity index is 5.16. The van der Waals surface area contributed by atoms with E-state index in [2.05, 4.69) is 111 Å². The average molecular weight is 1150 g/mol. The number of unbranched alkanes of at least 4 members (excludes halogenated alkanes) is 30. The molecule has 0 saturated heterocycles. The van der Waals surface area contributed by atoms with Crippen LogP contribution >= 0.6 is 7.82 Å². The minimum Gasteiger partial charge on any atom is -0.756 e.